The summed E-state index contributed by atoms with van der Waals surface area (Å²) in [5.41, 5.74) is 10.5. The van der Waals surface area contributed by atoms with E-state index in [0.717, 1.165) is 61.6 Å². The van der Waals surface area contributed by atoms with Crippen molar-refractivity contribution in [2.75, 3.05) is 10.6 Å². The van der Waals surface area contributed by atoms with Gasteiger partial charge in [-0.25, -0.2) is 8.78 Å². The van der Waals surface area contributed by atoms with Gasteiger partial charge in [0.25, 0.3) is 11.8 Å². The molecule has 2 fully saturated rings. The van der Waals surface area contributed by atoms with Crippen LogP contribution in [-0.2, 0) is 50.9 Å². The highest BCUT2D eigenvalue weighted by Crippen LogP contribution is 2.46. The van der Waals surface area contributed by atoms with Crippen LogP contribution in [0.3, 0.4) is 0 Å². The lowest BCUT2D eigenvalue weighted by Gasteiger charge is -2.41. The molecule has 17 heteroatoms. The predicted molar refractivity (Wildman–Crippen MR) is 392 cm³/mol. The molecule has 0 spiro atoms. The number of rotatable bonds is 21. The van der Waals surface area contributed by atoms with Gasteiger partial charge in [-0.1, -0.05) is 155 Å². The van der Waals surface area contributed by atoms with E-state index in [9.17, 15) is 28.0 Å². The number of nitrogens with one attached hydrogen (secondary N) is 2. The zero-order chi connectivity index (χ0) is 71.5. The fourth-order valence-electron chi connectivity index (χ4n) is 13.5. The molecule has 9 aromatic rings. The molecular weight excluding hydrogens is 1260 g/mol. The van der Waals surface area contributed by atoms with Gasteiger partial charge in [-0.15, -0.1) is 0 Å². The molecule has 2 saturated heterocycles. The van der Waals surface area contributed by atoms with Gasteiger partial charge in [-0.05, 0) is 187 Å². The minimum atomic E-state index is -0.900. The Hall–Kier alpha value is -9.26. The number of amides is 2. The second kappa shape index (κ2) is 32.4. The lowest BCUT2D eigenvalue weighted by atomic mass is 9.76. The number of carbonyl (C=O) groups excluding carboxylic acids is 4. The average Bonchev–Trinajstić information content (AvgIpc) is 1.59. The third-order valence-corrected chi connectivity index (χ3v) is 17.2. The summed E-state index contributed by atoms with van der Waals surface area (Å²) in [5.74, 6) is -2.74. The van der Waals surface area contributed by atoms with Crippen molar-refractivity contribution in [3.05, 3.63) is 234 Å². The van der Waals surface area contributed by atoms with Crippen LogP contribution in [0.25, 0.3) is 44.8 Å². The number of aromatic nitrogens is 2. The van der Waals surface area contributed by atoms with Gasteiger partial charge in [0.1, 0.15) is 22.8 Å². The topological polar surface area (TPSA) is 158 Å². The van der Waals surface area contributed by atoms with Gasteiger partial charge in [0, 0.05) is 59.5 Å². The quantitative estimate of drug-likeness (QED) is 0.0524. The number of para-hydroxylation sites is 2. The molecule has 4 atom stereocenters. The zero-order valence-electron chi connectivity index (χ0n) is 59.5. The second-order valence-corrected chi connectivity index (χ2v) is 28.7. The number of ether oxygens (including phenoxy) is 4. The van der Waals surface area contributed by atoms with Crippen molar-refractivity contribution in [2.45, 2.75) is 188 Å². The van der Waals surface area contributed by atoms with Gasteiger partial charge in [-0.2, -0.15) is 0 Å². The molecule has 2 amide bonds. The maximum absolute atomic E-state index is 14.5. The fourth-order valence-corrected chi connectivity index (χ4v) is 13.5. The number of halogens is 2. The van der Waals surface area contributed by atoms with Crippen LogP contribution in [0.1, 0.15) is 166 Å². The monoisotopic (exact) mass is 1350 g/mol. The predicted octanol–water partition coefficient (Wildman–Crippen LogP) is 18.4. The van der Waals surface area contributed by atoms with Gasteiger partial charge >= 0.3 is 19.1 Å². The largest absolute Gasteiger partial charge is 0.494 e. The van der Waals surface area contributed by atoms with Crippen molar-refractivity contribution in [3.63, 3.8) is 0 Å². The molecule has 4 heterocycles. The van der Waals surface area contributed by atoms with E-state index in [-0.39, 0.29) is 78.4 Å². The van der Waals surface area contributed by atoms with E-state index in [0.29, 0.717) is 61.3 Å². The summed E-state index contributed by atoms with van der Waals surface area (Å²) in [6, 6.07) is 61.2. The first kappa shape index (κ1) is 73.5. The van der Waals surface area contributed by atoms with Crippen molar-refractivity contribution in [2.24, 2.45) is 0 Å². The minimum Gasteiger partial charge on any atom is -0.460 e. The number of benzene rings is 7. The normalized spacial score (nSPS) is 16.9. The Morgan fingerprint density at radius 1 is 0.480 bits per heavy atom. The first-order valence-corrected chi connectivity index (χ1v) is 34.7. The Kier molecular flexibility index (Phi) is 23.8. The SMILES string of the molecule is CC(C)c1c(C(=O)Nc2ccccc2)c(-c2ccccc2)c(-c2ccc(F)cc2)n1CC[C@@H]1C[C@H](CC(=O)OC(C)(C)C)OB(c2ccccc2)O1.CC(C)c1c(C(=O)Nc2ccccc2)c(-c2ccccc2)c(-c2ccc(F)cc2)n1CC[C@@H]1C[C@H](CC(=O)OC(C)(C)C)OC(C)(C)O1. The van der Waals surface area contributed by atoms with Crippen LogP contribution in [0.15, 0.2) is 200 Å². The molecule has 2 N–H and O–H groups in total. The highest BCUT2D eigenvalue weighted by atomic mass is 19.1. The lowest BCUT2D eigenvalue weighted by molar-refractivity contribution is -0.301. The Labute approximate surface area is 587 Å². The molecule has 522 valence electrons. The van der Waals surface area contributed by atoms with Crippen LogP contribution in [0.5, 0.6) is 0 Å². The summed E-state index contributed by atoms with van der Waals surface area (Å²) in [4.78, 5) is 54.5. The third-order valence-electron chi connectivity index (χ3n) is 17.2. The van der Waals surface area contributed by atoms with Crippen molar-refractivity contribution in [1.29, 1.82) is 0 Å². The average molecular weight is 1360 g/mol. The van der Waals surface area contributed by atoms with E-state index in [4.69, 9.17) is 28.3 Å². The summed E-state index contributed by atoms with van der Waals surface area (Å²) in [6.07, 6.45) is 1.08. The Morgan fingerprint density at radius 2 is 0.830 bits per heavy atom. The second-order valence-electron chi connectivity index (χ2n) is 28.7. The number of hydrogen-bond acceptors (Lipinski definition) is 10. The smallest absolute Gasteiger partial charge is 0.460 e. The first-order chi connectivity index (χ1) is 47.7. The van der Waals surface area contributed by atoms with Crippen molar-refractivity contribution in [1.82, 2.24) is 9.13 Å². The molecule has 0 bridgehead atoms. The molecule has 2 aliphatic heterocycles. The molecule has 2 aromatic heterocycles. The van der Waals surface area contributed by atoms with E-state index in [1.807, 2.05) is 207 Å². The molecule has 2 aliphatic rings. The van der Waals surface area contributed by atoms with E-state index in [2.05, 4.69) is 47.5 Å². The number of esters is 2. The van der Waals surface area contributed by atoms with E-state index in [1.165, 1.54) is 24.3 Å². The van der Waals surface area contributed by atoms with Gasteiger partial charge in [-0.3, -0.25) is 19.2 Å². The van der Waals surface area contributed by atoms with E-state index < -0.39 is 30.2 Å². The van der Waals surface area contributed by atoms with Crippen molar-refractivity contribution in [3.8, 4) is 44.8 Å². The van der Waals surface area contributed by atoms with E-state index in [1.54, 1.807) is 24.3 Å². The van der Waals surface area contributed by atoms with Gasteiger partial charge in [0.15, 0.2) is 5.79 Å². The highest BCUT2D eigenvalue weighted by Gasteiger charge is 2.41. The van der Waals surface area contributed by atoms with Crippen LogP contribution in [0.4, 0.5) is 20.2 Å². The maximum Gasteiger partial charge on any atom is 0.494 e. The molecule has 100 heavy (non-hydrogen) atoms. The molecule has 0 saturated carbocycles. The molecule has 0 unspecified atom stereocenters. The number of nitrogens with zero attached hydrogens (tertiary/aromatic N) is 2. The Bertz CT molecular complexity index is 4210. The molecule has 7 aromatic carbocycles. The Morgan fingerprint density at radius 3 is 1.23 bits per heavy atom. The first-order valence-electron chi connectivity index (χ1n) is 34.7. The Balaban J connectivity index is 0.000000217. The van der Waals surface area contributed by atoms with Crippen LogP contribution in [0.2, 0.25) is 0 Å². The van der Waals surface area contributed by atoms with Crippen LogP contribution in [0, 0.1) is 11.6 Å². The zero-order valence-corrected chi connectivity index (χ0v) is 59.5. The summed E-state index contributed by atoms with van der Waals surface area (Å²) in [5, 5.41) is 6.26. The highest BCUT2D eigenvalue weighted by molar-refractivity contribution is 6.61. The molecule has 11 rings (SSSR count). The fraction of sp³-hybridized carbons (Fsp3) is 0.349. The summed E-state index contributed by atoms with van der Waals surface area (Å²) < 4.78 is 69.8. The van der Waals surface area contributed by atoms with Crippen molar-refractivity contribution >= 4 is 47.7 Å². The number of anilines is 2. The summed E-state index contributed by atoms with van der Waals surface area (Å²) in [7, 11) is -0.662. The standard InChI is InChI=1S/C43H46BFN2O5.C40H47FN2O5/c1-29(2)40-39(42(49)46-34-19-13-8-14-20-34)38(30-15-9-6-10-16-30)41(31-21-23-33(45)24-22-31)47(40)26-25-35-27-36(28-37(48)50-43(3,4)5)52-44(51-35)32-17-11-7-12-18-32;1-26(2)36-35(38(45)42-30-16-12-9-13-17-30)34(27-14-10-8-11-15-27)37(28-18-20-29(41)21-19-28)43(36)23-22-31-24-32(47-40(6,7)46-31)25-33(44)48-39(3,4)5/h6-24,29,35-36H,25-28H2,1-5H3,(H,46,49);8-21,26,31-32H,22-25H2,1-7H3,(H,42,45)/t35-,36-;31-,32-/m11/s1. The minimum absolute atomic E-state index is 0.0369. The maximum atomic E-state index is 14.5. The van der Waals surface area contributed by atoms with Crippen LogP contribution >= 0.6 is 0 Å². The van der Waals surface area contributed by atoms with Crippen molar-refractivity contribution < 1.29 is 56.2 Å². The number of carbonyl (C=O) groups is 4. The summed E-state index contributed by atoms with van der Waals surface area (Å²) >= 11 is 0. The third kappa shape index (κ3) is 19.2. The summed E-state index contributed by atoms with van der Waals surface area (Å²) in [6.45, 7) is 24.2. The lowest BCUT2D eigenvalue weighted by Crippen LogP contribution is -2.49. The molecule has 0 aliphatic carbocycles. The molecular formula is C83H93BF2N4O10. The number of hydrogen-bond donors (Lipinski definition) is 2. The van der Waals surface area contributed by atoms with Crippen LogP contribution < -0.4 is 16.1 Å². The molecule has 0 radical (unpaired) electrons. The van der Waals surface area contributed by atoms with Gasteiger partial charge < -0.3 is 48.0 Å². The van der Waals surface area contributed by atoms with Gasteiger partial charge in [0.05, 0.1) is 53.7 Å². The van der Waals surface area contributed by atoms with E-state index >= 15 is 0 Å². The van der Waals surface area contributed by atoms with Gasteiger partial charge in [0.2, 0.25) is 0 Å². The van der Waals surface area contributed by atoms with Crippen LogP contribution in [-0.4, -0.2) is 81.4 Å². The molecule has 14 nitrogen and oxygen atoms in total.